The highest BCUT2D eigenvalue weighted by molar-refractivity contribution is 9.09. The number of hydrogen-bond donors (Lipinski definition) is 1. The molecular weight excluding hydrogens is 520 g/mol. The van der Waals surface area contributed by atoms with E-state index in [9.17, 15) is 19.5 Å². The molecule has 2 amide bonds. The number of esters is 1. The van der Waals surface area contributed by atoms with Gasteiger partial charge in [0.2, 0.25) is 11.8 Å². The van der Waals surface area contributed by atoms with Crippen molar-refractivity contribution >= 4 is 45.5 Å². The monoisotopic (exact) mass is 556 g/mol. The van der Waals surface area contributed by atoms with Crippen LogP contribution in [0.1, 0.15) is 46.5 Å². The van der Waals surface area contributed by atoms with Crippen molar-refractivity contribution in [3.05, 3.63) is 25.3 Å². The summed E-state index contributed by atoms with van der Waals surface area (Å²) in [6.45, 7) is 13.7. The summed E-state index contributed by atoms with van der Waals surface area (Å²) in [7, 11) is 0. The Kier molecular flexibility index (Phi) is 8.96. The average molecular weight is 558 g/mol. The predicted octanol–water partition coefficient (Wildman–Crippen LogP) is 3.15. The van der Waals surface area contributed by atoms with Gasteiger partial charge in [0, 0.05) is 22.7 Å². The highest BCUT2D eigenvalue weighted by Gasteiger charge is 2.76. The van der Waals surface area contributed by atoms with E-state index < -0.39 is 28.7 Å². The van der Waals surface area contributed by atoms with Crippen LogP contribution in [0.4, 0.5) is 0 Å². The Labute approximate surface area is 215 Å². The molecule has 0 aromatic rings. The maximum absolute atomic E-state index is 14.1. The lowest BCUT2D eigenvalue weighted by Gasteiger charge is -2.40. The second kappa shape index (κ2) is 11.2. The third-order valence-corrected chi connectivity index (χ3v) is 10.6. The number of amides is 2. The number of rotatable bonds is 12. The highest BCUT2D eigenvalue weighted by atomic mass is 79.9. The molecule has 190 valence electrons. The van der Waals surface area contributed by atoms with Crippen molar-refractivity contribution in [3.8, 4) is 0 Å². The molecule has 3 heterocycles. The van der Waals surface area contributed by atoms with E-state index >= 15 is 0 Å². The van der Waals surface area contributed by atoms with Crippen molar-refractivity contribution in [1.82, 2.24) is 9.80 Å². The number of likely N-dealkylation sites (tertiary alicyclic amines) is 1. The molecule has 3 aliphatic rings. The van der Waals surface area contributed by atoms with Gasteiger partial charge in [0.1, 0.15) is 6.04 Å². The Bertz CT molecular complexity index is 819. The van der Waals surface area contributed by atoms with Gasteiger partial charge in [-0.1, -0.05) is 35.0 Å². The second-order valence-corrected chi connectivity index (χ2v) is 12.3. The van der Waals surface area contributed by atoms with Crippen LogP contribution >= 0.6 is 27.7 Å². The van der Waals surface area contributed by atoms with Crippen molar-refractivity contribution in [2.75, 3.05) is 19.8 Å². The average Bonchev–Trinajstić information content (AvgIpc) is 3.39. The lowest BCUT2D eigenvalue weighted by molar-refractivity contribution is -0.154. The fourth-order valence-electron chi connectivity index (χ4n) is 5.77. The van der Waals surface area contributed by atoms with Crippen LogP contribution in [0.3, 0.4) is 0 Å². The minimum absolute atomic E-state index is 0.0105. The standard InChI is InChI=1S/C25H37BrN2O5S/c1-6-9-10-12-33-24(32)18-19-22(30)28(16(8-3)14-29)21(23(31)27(11-7-2)15(4)5)25(19)13-17(26)20(18)34-25/h6-7,15-21,29H,1-2,8-14H2,3-5H3/t16-,17?,18-,19-,20-,21?,25?/m0/s1. The van der Waals surface area contributed by atoms with Gasteiger partial charge in [0.15, 0.2) is 0 Å². The topological polar surface area (TPSA) is 87.1 Å². The molecule has 7 atom stereocenters. The van der Waals surface area contributed by atoms with Crippen molar-refractivity contribution in [1.29, 1.82) is 0 Å². The van der Waals surface area contributed by atoms with Crippen LogP contribution in [-0.4, -0.2) is 85.4 Å². The van der Waals surface area contributed by atoms with E-state index in [0.29, 0.717) is 25.8 Å². The van der Waals surface area contributed by atoms with E-state index in [2.05, 4.69) is 29.1 Å². The van der Waals surface area contributed by atoms with Gasteiger partial charge in [-0.15, -0.1) is 24.9 Å². The summed E-state index contributed by atoms with van der Waals surface area (Å²) in [5, 5.41) is 9.99. The molecule has 3 saturated heterocycles. The number of aliphatic hydroxyl groups is 1. The number of unbranched alkanes of at least 4 members (excludes halogenated alkanes) is 1. The fourth-order valence-corrected chi connectivity index (χ4v) is 9.35. The van der Waals surface area contributed by atoms with E-state index in [1.165, 1.54) is 0 Å². The third-order valence-electron chi connectivity index (χ3n) is 7.34. The minimum atomic E-state index is -0.752. The number of alkyl halides is 1. The molecule has 0 aromatic carbocycles. The molecule has 1 N–H and O–H groups in total. The molecule has 0 aliphatic carbocycles. The molecule has 34 heavy (non-hydrogen) atoms. The molecule has 3 aliphatic heterocycles. The summed E-state index contributed by atoms with van der Waals surface area (Å²) in [5.74, 6) is -2.00. The van der Waals surface area contributed by atoms with Crippen molar-refractivity contribution in [2.24, 2.45) is 11.8 Å². The van der Waals surface area contributed by atoms with Gasteiger partial charge in [-0.3, -0.25) is 14.4 Å². The Morgan fingerprint density at radius 2 is 2.09 bits per heavy atom. The van der Waals surface area contributed by atoms with Gasteiger partial charge in [-0.2, -0.15) is 0 Å². The molecule has 0 saturated carbocycles. The van der Waals surface area contributed by atoms with Crippen LogP contribution in [-0.2, 0) is 19.1 Å². The lowest BCUT2D eigenvalue weighted by atomic mass is 9.71. The maximum Gasteiger partial charge on any atom is 0.310 e. The third kappa shape index (κ3) is 4.48. The predicted molar refractivity (Wildman–Crippen MR) is 138 cm³/mol. The molecule has 1 spiro atoms. The second-order valence-electron chi connectivity index (χ2n) is 9.63. The molecule has 0 radical (unpaired) electrons. The van der Waals surface area contributed by atoms with Crippen LogP contribution in [0.25, 0.3) is 0 Å². The molecule has 3 unspecified atom stereocenters. The molecule has 9 heteroatoms. The van der Waals surface area contributed by atoms with E-state index in [1.807, 2.05) is 20.8 Å². The van der Waals surface area contributed by atoms with Gasteiger partial charge >= 0.3 is 5.97 Å². The Morgan fingerprint density at radius 3 is 2.65 bits per heavy atom. The number of halogens is 1. The summed E-state index contributed by atoms with van der Waals surface area (Å²) >= 11 is 5.34. The SMILES string of the molecule is C=CCCCOC(=O)[C@H]1[C@H]2C(=O)N([C@@H](CC)CO)C(C(=O)N(CC=C)C(C)C)C23CC(Br)[C@@H]1S3. The van der Waals surface area contributed by atoms with Crippen molar-refractivity contribution < 1.29 is 24.2 Å². The first-order valence-electron chi connectivity index (χ1n) is 12.1. The van der Waals surface area contributed by atoms with Crippen LogP contribution in [0.2, 0.25) is 0 Å². The van der Waals surface area contributed by atoms with E-state index in [-0.39, 0.29) is 47.1 Å². The highest BCUT2D eigenvalue weighted by Crippen LogP contribution is 2.68. The molecule has 7 nitrogen and oxygen atoms in total. The zero-order valence-electron chi connectivity index (χ0n) is 20.3. The van der Waals surface area contributed by atoms with Gasteiger partial charge in [-0.25, -0.2) is 0 Å². The lowest BCUT2D eigenvalue weighted by Crippen LogP contribution is -2.58. The zero-order chi connectivity index (χ0) is 25.2. The van der Waals surface area contributed by atoms with Gasteiger partial charge in [0.05, 0.1) is 35.8 Å². The molecule has 3 rings (SSSR count). The number of carbonyl (C=O) groups is 3. The number of allylic oxidation sites excluding steroid dienone is 1. The minimum Gasteiger partial charge on any atom is -0.465 e. The first-order chi connectivity index (χ1) is 16.2. The van der Waals surface area contributed by atoms with Crippen LogP contribution in [0.15, 0.2) is 25.3 Å². The summed E-state index contributed by atoms with van der Waals surface area (Å²) < 4.78 is 4.86. The van der Waals surface area contributed by atoms with Gasteiger partial charge in [0.25, 0.3) is 0 Å². The van der Waals surface area contributed by atoms with Crippen LogP contribution in [0.5, 0.6) is 0 Å². The van der Waals surface area contributed by atoms with Crippen LogP contribution < -0.4 is 0 Å². The molecule has 3 fully saturated rings. The van der Waals surface area contributed by atoms with Gasteiger partial charge < -0.3 is 19.6 Å². The maximum atomic E-state index is 14.1. The zero-order valence-corrected chi connectivity index (χ0v) is 22.7. The number of carbonyl (C=O) groups excluding carboxylic acids is 3. The molecular formula is C25H37BrN2O5S. The Morgan fingerprint density at radius 1 is 1.38 bits per heavy atom. The molecule has 2 bridgehead atoms. The number of hydrogen-bond acceptors (Lipinski definition) is 6. The quantitative estimate of drug-likeness (QED) is 0.172. The van der Waals surface area contributed by atoms with Crippen LogP contribution in [0, 0.1) is 11.8 Å². The number of nitrogens with zero attached hydrogens (tertiary/aromatic N) is 2. The Balaban J connectivity index is 2.03. The Hall–Kier alpha value is -1.32. The van der Waals surface area contributed by atoms with Crippen molar-refractivity contribution in [3.63, 3.8) is 0 Å². The fraction of sp³-hybridized carbons (Fsp3) is 0.720. The smallest absolute Gasteiger partial charge is 0.310 e. The largest absolute Gasteiger partial charge is 0.465 e. The van der Waals surface area contributed by atoms with E-state index in [0.717, 1.165) is 6.42 Å². The number of thioether (sulfide) groups is 1. The summed E-state index contributed by atoms with van der Waals surface area (Å²) in [6.07, 6.45) is 6.02. The number of fused-ring (bicyclic) bond motifs is 1. The van der Waals surface area contributed by atoms with E-state index in [1.54, 1.807) is 33.7 Å². The van der Waals surface area contributed by atoms with Crippen molar-refractivity contribution in [2.45, 2.75) is 79.4 Å². The summed E-state index contributed by atoms with van der Waals surface area (Å²) in [6, 6.07) is -1.32. The molecule has 0 aromatic heterocycles. The van der Waals surface area contributed by atoms with Gasteiger partial charge in [-0.05, 0) is 39.5 Å². The summed E-state index contributed by atoms with van der Waals surface area (Å²) in [5.41, 5.74) is 0. The summed E-state index contributed by atoms with van der Waals surface area (Å²) in [4.78, 5) is 44.6. The number of ether oxygens (including phenoxy) is 1. The first-order valence-corrected chi connectivity index (χ1v) is 13.9. The normalized spacial score (nSPS) is 32.6. The number of aliphatic hydroxyl groups excluding tert-OH is 1. The first kappa shape index (κ1) is 27.3. The van der Waals surface area contributed by atoms with E-state index in [4.69, 9.17) is 4.74 Å².